The molecule has 0 bridgehead atoms. The lowest BCUT2D eigenvalue weighted by Crippen LogP contribution is -2.38. The molecule has 96 valence electrons. The van der Waals surface area contributed by atoms with Gasteiger partial charge >= 0.3 is 0 Å². The lowest BCUT2D eigenvalue weighted by Gasteiger charge is -2.23. The van der Waals surface area contributed by atoms with Gasteiger partial charge in [-0.05, 0) is 24.3 Å². The molecule has 0 unspecified atom stereocenters. The van der Waals surface area contributed by atoms with E-state index in [1.807, 2.05) is 0 Å². The van der Waals surface area contributed by atoms with Gasteiger partial charge in [-0.1, -0.05) is 0 Å². The van der Waals surface area contributed by atoms with Crippen LogP contribution in [0.25, 0.3) is 0 Å². The molecule has 1 aromatic carbocycles. The van der Waals surface area contributed by atoms with Crippen LogP contribution in [0.4, 0.5) is 0 Å². The van der Waals surface area contributed by atoms with Crippen molar-refractivity contribution in [3.8, 4) is 5.75 Å². The third-order valence-corrected chi connectivity index (χ3v) is 3.02. The van der Waals surface area contributed by atoms with Gasteiger partial charge in [0.2, 0.25) is 0 Å². The third kappa shape index (κ3) is 5.16. The predicted molar refractivity (Wildman–Crippen MR) is 64.7 cm³/mol. The highest BCUT2D eigenvalue weighted by molar-refractivity contribution is 7.85. The quantitative estimate of drug-likeness (QED) is 0.634. The summed E-state index contributed by atoms with van der Waals surface area (Å²) in [6, 6.07) is 5.69. The highest BCUT2D eigenvalue weighted by Gasteiger charge is 2.09. The summed E-state index contributed by atoms with van der Waals surface area (Å²) in [5, 5.41) is 0. The molecular weight excluding hydrogens is 242 g/mol. The Bertz CT molecular complexity index is 459. The van der Waals surface area contributed by atoms with Gasteiger partial charge in [0.1, 0.15) is 18.9 Å². The van der Waals surface area contributed by atoms with E-state index in [0.717, 1.165) is 11.0 Å². The van der Waals surface area contributed by atoms with Crippen LogP contribution in [0.2, 0.25) is 0 Å². The highest BCUT2D eigenvalue weighted by Crippen LogP contribution is 2.15. The van der Waals surface area contributed by atoms with E-state index in [2.05, 4.69) is 21.1 Å². The van der Waals surface area contributed by atoms with E-state index < -0.39 is 10.1 Å². The Hall–Kier alpha value is -1.11. The zero-order valence-corrected chi connectivity index (χ0v) is 11.1. The minimum atomic E-state index is -4.12. The Balaban J connectivity index is 2.58. The van der Waals surface area contributed by atoms with Crippen molar-refractivity contribution in [3.63, 3.8) is 0 Å². The van der Waals surface area contributed by atoms with Crippen molar-refractivity contribution in [2.24, 2.45) is 0 Å². The van der Waals surface area contributed by atoms with Crippen molar-refractivity contribution in [1.29, 1.82) is 0 Å². The molecule has 0 saturated carbocycles. The zero-order chi connectivity index (χ0) is 13.1. The molecule has 1 aromatic rings. The van der Waals surface area contributed by atoms with Crippen molar-refractivity contribution < 1.29 is 22.2 Å². The standard InChI is InChI=1S/C11H17NO4S/c1-12(2,3)8-9-16-10-4-6-11(7-5-10)17(13,14)15/h4-7H,8-9H2,1-3H3/p+1. The number of rotatable bonds is 5. The molecule has 5 nitrogen and oxygen atoms in total. The Morgan fingerprint density at radius 2 is 1.71 bits per heavy atom. The summed E-state index contributed by atoms with van der Waals surface area (Å²) < 4.78 is 36.6. The van der Waals surface area contributed by atoms with Gasteiger partial charge in [0, 0.05) is 0 Å². The van der Waals surface area contributed by atoms with Crippen molar-refractivity contribution in [1.82, 2.24) is 0 Å². The smallest absolute Gasteiger partial charge is 0.294 e. The molecule has 0 heterocycles. The fourth-order valence-corrected chi connectivity index (χ4v) is 1.63. The van der Waals surface area contributed by atoms with Crippen molar-refractivity contribution in [2.45, 2.75) is 4.90 Å². The van der Waals surface area contributed by atoms with Crippen LogP contribution in [-0.4, -0.2) is 51.7 Å². The Labute approximate surface area is 102 Å². The molecule has 6 heteroatoms. The molecule has 0 aliphatic heterocycles. The molecule has 17 heavy (non-hydrogen) atoms. The van der Waals surface area contributed by atoms with E-state index >= 15 is 0 Å². The molecule has 0 aliphatic rings. The van der Waals surface area contributed by atoms with E-state index in [-0.39, 0.29) is 4.90 Å². The van der Waals surface area contributed by atoms with Crippen LogP contribution < -0.4 is 4.74 Å². The predicted octanol–water partition coefficient (Wildman–Crippen LogP) is 1.02. The number of ether oxygens (including phenoxy) is 1. The van der Waals surface area contributed by atoms with Gasteiger partial charge in [0.25, 0.3) is 10.1 Å². The first-order valence-electron chi connectivity index (χ1n) is 5.19. The second-order valence-corrected chi connectivity index (χ2v) is 6.23. The average molecular weight is 260 g/mol. The molecule has 0 aliphatic carbocycles. The van der Waals surface area contributed by atoms with Gasteiger partial charge in [-0.25, -0.2) is 0 Å². The first-order valence-corrected chi connectivity index (χ1v) is 6.63. The molecule has 0 saturated heterocycles. The largest absolute Gasteiger partial charge is 0.488 e. The first-order chi connectivity index (χ1) is 7.68. The number of quaternary nitrogens is 1. The minimum absolute atomic E-state index is 0.128. The maximum Gasteiger partial charge on any atom is 0.294 e. The molecule has 0 amide bonds. The Morgan fingerprint density at radius 3 is 2.12 bits per heavy atom. The summed E-state index contributed by atoms with van der Waals surface area (Å²) >= 11 is 0. The number of benzene rings is 1. The molecule has 0 aromatic heterocycles. The minimum Gasteiger partial charge on any atom is -0.488 e. The normalized spacial score (nSPS) is 12.5. The van der Waals surface area contributed by atoms with E-state index in [1.54, 1.807) is 0 Å². The van der Waals surface area contributed by atoms with Gasteiger partial charge in [0.05, 0.1) is 26.0 Å². The maximum atomic E-state index is 10.8. The average Bonchev–Trinajstić information content (AvgIpc) is 2.15. The summed E-state index contributed by atoms with van der Waals surface area (Å²) in [7, 11) is 2.06. The second kappa shape index (κ2) is 5.03. The van der Waals surface area contributed by atoms with Crippen LogP contribution in [-0.2, 0) is 10.1 Å². The Kier molecular flexibility index (Phi) is 4.13. The number of likely N-dealkylation sites (N-methyl/N-ethyl adjacent to an activating group) is 1. The monoisotopic (exact) mass is 260 g/mol. The molecule has 0 atom stereocenters. The second-order valence-electron chi connectivity index (χ2n) is 4.81. The van der Waals surface area contributed by atoms with E-state index in [0.29, 0.717) is 12.4 Å². The van der Waals surface area contributed by atoms with Gasteiger partial charge < -0.3 is 9.22 Å². The summed E-state index contributed by atoms with van der Waals surface area (Å²) in [5.74, 6) is 0.589. The first kappa shape index (κ1) is 14.0. The summed E-state index contributed by atoms with van der Waals surface area (Å²) in [4.78, 5) is -0.128. The van der Waals surface area contributed by atoms with Crippen molar-refractivity contribution >= 4 is 10.1 Å². The highest BCUT2D eigenvalue weighted by atomic mass is 32.2. The van der Waals surface area contributed by atoms with Crippen molar-refractivity contribution in [3.05, 3.63) is 24.3 Å². The molecular formula is C11H18NO4S+. The number of hydrogen-bond donors (Lipinski definition) is 1. The molecule has 1 N–H and O–H groups in total. The van der Waals surface area contributed by atoms with Gasteiger partial charge in [-0.3, -0.25) is 4.55 Å². The van der Waals surface area contributed by atoms with Gasteiger partial charge in [0.15, 0.2) is 0 Å². The lowest BCUT2D eigenvalue weighted by atomic mass is 10.3. The number of hydrogen-bond acceptors (Lipinski definition) is 3. The summed E-state index contributed by atoms with van der Waals surface area (Å²) in [6.07, 6.45) is 0. The molecule has 0 radical (unpaired) electrons. The van der Waals surface area contributed by atoms with E-state index in [1.165, 1.54) is 24.3 Å². The lowest BCUT2D eigenvalue weighted by molar-refractivity contribution is -0.870. The van der Waals surface area contributed by atoms with Crippen molar-refractivity contribution in [2.75, 3.05) is 34.3 Å². The van der Waals surface area contributed by atoms with Crippen LogP contribution in [0, 0.1) is 0 Å². The maximum absolute atomic E-state index is 10.8. The third-order valence-electron chi connectivity index (χ3n) is 2.15. The van der Waals surface area contributed by atoms with E-state index in [4.69, 9.17) is 9.29 Å². The van der Waals surface area contributed by atoms with Crippen LogP contribution in [0.15, 0.2) is 29.2 Å². The van der Waals surface area contributed by atoms with Gasteiger partial charge in [-0.2, -0.15) is 8.42 Å². The van der Waals surface area contributed by atoms with E-state index in [9.17, 15) is 8.42 Å². The molecule has 0 fully saturated rings. The van der Waals surface area contributed by atoms with Crippen LogP contribution in [0.3, 0.4) is 0 Å². The number of nitrogens with zero attached hydrogens (tertiary/aromatic N) is 1. The molecule has 0 spiro atoms. The molecule has 1 rings (SSSR count). The fraction of sp³-hybridized carbons (Fsp3) is 0.455. The van der Waals surface area contributed by atoms with Crippen LogP contribution in [0.1, 0.15) is 0 Å². The topological polar surface area (TPSA) is 63.6 Å². The van der Waals surface area contributed by atoms with Gasteiger partial charge in [-0.15, -0.1) is 0 Å². The fourth-order valence-electron chi connectivity index (χ4n) is 1.15. The van der Waals surface area contributed by atoms with Crippen LogP contribution >= 0.6 is 0 Å². The summed E-state index contributed by atoms with van der Waals surface area (Å²) in [6.45, 7) is 1.40. The van der Waals surface area contributed by atoms with Crippen LogP contribution in [0.5, 0.6) is 5.75 Å². The zero-order valence-electron chi connectivity index (χ0n) is 10.3. The Morgan fingerprint density at radius 1 is 1.18 bits per heavy atom. The summed E-state index contributed by atoms with van der Waals surface area (Å²) in [5.41, 5.74) is 0. The SMILES string of the molecule is C[N+](C)(C)CCOc1ccc(S(=O)(=O)O)cc1.